The summed E-state index contributed by atoms with van der Waals surface area (Å²) in [5.41, 5.74) is 0. The molecule has 1 heterocycles. The van der Waals surface area contributed by atoms with Crippen LogP contribution < -0.4 is 5.32 Å². The zero-order chi connectivity index (χ0) is 14.1. The maximum absolute atomic E-state index is 11.5. The van der Waals surface area contributed by atoms with Crippen molar-refractivity contribution in [3.8, 4) is 0 Å². The summed E-state index contributed by atoms with van der Waals surface area (Å²) in [5, 5.41) is 16.0. The molecule has 19 heavy (non-hydrogen) atoms. The zero-order valence-corrected chi connectivity index (χ0v) is 11.7. The van der Waals surface area contributed by atoms with E-state index < -0.39 is 6.10 Å². The Bertz CT molecular complexity index is 379. The van der Waals surface area contributed by atoms with Gasteiger partial charge in [-0.3, -0.25) is 4.79 Å². The highest BCUT2D eigenvalue weighted by atomic mass is 16.5. The second kappa shape index (κ2) is 8.63. The molecule has 0 aliphatic rings. The Morgan fingerprint density at radius 2 is 2.16 bits per heavy atom. The molecule has 0 saturated carbocycles. The fourth-order valence-corrected chi connectivity index (χ4v) is 1.69. The highest BCUT2D eigenvalue weighted by Gasteiger charge is 2.10. The summed E-state index contributed by atoms with van der Waals surface area (Å²) in [4.78, 5) is 15.7. The summed E-state index contributed by atoms with van der Waals surface area (Å²) in [6.07, 6.45) is 3.63. The SMILES string of the molecule is CCCc1noc(CCC(=O)NCC(O)CCC)n1. The minimum atomic E-state index is -0.464. The molecule has 0 saturated heterocycles. The Labute approximate surface area is 113 Å². The maximum Gasteiger partial charge on any atom is 0.227 e. The van der Waals surface area contributed by atoms with Crippen LogP contribution in [0, 0.1) is 0 Å². The number of aryl methyl sites for hydroxylation is 2. The molecular formula is C13H23N3O3. The second-order valence-corrected chi connectivity index (χ2v) is 4.60. The van der Waals surface area contributed by atoms with Crippen LogP contribution in [-0.4, -0.2) is 33.8 Å². The number of hydrogen-bond acceptors (Lipinski definition) is 5. The lowest BCUT2D eigenvalue weighted by Crippen LogP contribution is -2.32. The molecular weight excluding hydrogens is 246 g/mol. The molecule has 1 aromatic rings. The van der Waals surface area contributed by atoms with Gasteiger partial charge in [-0.15, -0.1) is 0 Å². The second-order valence-electron chi connectivity index (χ2n) is 4.60. The average Bonchev–Trinajstić information content (AvgIpc) is 2.82. The first-order valence-electron chi connectivity index (χ1n) is 6.91. The van der Waals surface area contributed by atoms with Gasteiger partial charge in [0, 0.05) is 25.8 Å². The maximum atomic E-state index is 11.5. The lowest BCUT2D eigenvalue weighted by molar-refractivity contribution is -0.121. The number of rotatable bonds is 9. The number of aliphatic hydroxyl groups is 1. The Morgan fingerprint density at radius 1 is 1.37 bits per heavy atom. The summed E-state index contributed by atoms with van der Waals surface area (Å²) in [6.45, 7) is 4.34. The number of nitrogens with one attached hydrogen (secondary N) is 1. The van der Waals surface area contributed by atoms with Gasteiger partial charge in [-0.25, -0.2) is 0 Å². The molecule has 6 heteroatoms. The van der Waals surface area contributed by atoms with E-state index in [1.807, 2.05) is 13.8 Å². The third-order valence-corrected chi connectivity index (χ3v) is 2.71. The van der Waals surface area contributed by atoms with Crippen molar-refractivity contribution in [1.29, 1.82) is 0 Å². The highest BCUT2D eigenvalue weighted by molar-refractivity contribution is 5.76. The van der Waals surface area contributed by atoms with E-state index in [-0.39, 0.29) is 5.91 Å². The highest BCUT2D eigenvalue weighted by Crippen LogP contribution is 2.03. The lowest BCUT2D eigenvalue weighted by atomic mass is 10.2. The average molecular weight is 269 g/mol. The van der Waals surface area contributed by atoms with Gasteiger partial charge >= 0.3 is 0 Å². The molecule has 1 atom stereocenters. The van der Waals surface area contributed by atoms with E-state index in [2.05, 4.69) is 15.5 Å². The molecule has 0 radical (unpaired) electrons. The molecule has 0 aliphatic carbocycles. The number of nitrogens with zero attached hydrogens (tertiary/aromatic N) is 2. The van der Waals surface area contributed by atoms with Crippen LogP contribution in [-0.2, 0) is 17.6 Å². The smallest absolute Gasteiger partial charge is 0.227 e. The molecule has 1 rings (SSSR count). The minimum Gasteiger partial charge on any atom is -0.391 e. The van der Waals surface area contributed by atoms with Crippen molar-refractivity contribution in [2.45, 2.75) is 58.5 Å². The predicted molar refractivity (Wildman–Crippen MR) is 70.5 cm³/mol. The third kappa shape index (κ3) is 6.33. The van der Waals surface area contributed by atoms with Gasteiger partial charge in [-0.1, -0.05) is 25.4 Å². The molecule has 1 unspecified atom stereocenters. The zero-order valence-electron chi connectivity index (χ0n) is 11.7. The van der Waals surface area contributed by atoms with Crippen molar-refractivity contribution in [3.05, 3.63) is 11.7 Å². The van der Waals surface area contributed by atoms with Gasteiger partial charge in [-0.2, -0.15) is 4.98 Å². The standard InChI is InChI=1S/C13H23N3O3/c1-3-5-10(17)9-14-12(18)7-8-13-15-11(6-4-2)16-19-13/h10,17H,3-9H2,1-2H3,(H,14,18). The van der Waals surface area contributed by atoms with Gasteiger partial charge in [0.25, 0.3) is 0 Å². The van der Waals surface area contributed by atoms with Gasteiger partial charge in [0.05, 0.1) is 6.10 Å². The number of aliphatic hydroxyl groups excluding tert-OH is 1. The van der Waals surface area contributed by atoms with Crippen molar-refractivity contribution >= 4 is 5.91 Å². The molecule has 0 aromatic carbocycles. The molecule has 6 nitrogen and oxygen atoms in total. The van der Waals surface area contributed by atoms with Crippen LogP contribution in [0.5, 0.6) is 0 Å². The summed E-state index contributed by atoms with van der Waals surface area (Å²) < 4.78 is 5.04. The van der Waals surface area contributed by atoms with E-state index in [0.29, 0.717) is 37.5 Å². The molecule has 0 fully saturated rings. The van der Waals surface area contributed by atoms with Gasteiger partial charge < -0.3 is 14.9 Å². The van der Waals surface area contributed by atoms with Crippen LogP contribution in [0.4, 0.5) is 0 Å². The topological polar surface area (TPSA) is 88.2 Å². The van der Waals surface area contributed by atoms with Crippen molar-refractivity contribution < 1.29 is 14.4 Å². The van der Waals surface area contributed by atoms with Gasteiger partial charge in [0.2, 0.25) is 11.8 Å². The number of aromatic nitrogens is 2. The lowest BCUT2D eigenvalue weighted by Gasteiger charge is -2.09. The van der Waals surface area contributed by atoms with E-state index in [0.717, 1.165) is 19.3 Å². The van der Waals surface area contributed by atoms with Crippen molar-refractivity contribution in [2.75, 3.05) is 6.54 Å². The fourth-order valence-electron chi connectivity index (χ4n) is 1.69. The van der Waals surface area contributed by atoms with E-state index in [1.165, 1.54) is 0 Å². The molecule has 2 N–H and O–H groups in total. The van der Waals surface area contributed by atoms with Crippen LogP contribution in [0.1, 0.15) is 51.2 Å². The molecule has 0 aliphatic heterocycles. The normalized spacial score (nSPS) is 12.4. The summed E-state index contributed by atoms with van der Waals surface area (Å²) in [7, 11) is 0. The molecule has 1 amide bonds. The molecule has 1 aromatic heterocycles. The van der Waals surface area contributed by atoms with E-state index in [4.69, 9.17) is 4.52 Å². The van der Waals surface area contributed by atoms with Crippen LogP contribution in [0.2, 0.25) is 0 Å². The Kier molecular flexibility index (Phi) is 7.10. The molecule has 0 spiro atoms. The predicted octanol–water partition coefficient (Wildman–Crippen LogP) is 1.23. The number of hydrogen-bond donors (Lipinski definition) is 2. The minimum absolute atomic E-state index is 0.106. The Morgan fingerprint density at radius 3 is 2.84 bits per heavy atom. The van der Waals surface area contributed by atoms with Crippen molar-refractivity contribution in [1.82, 2.24) is 15.5 Å². The summed E-state index contributed by atoms with van der Waals surface area (Å²) in [5.74, 6) is 1.08. The van der Waals surface area contributed by atoms with Crippen molar-refractivity contribution in [3.63, 3.8) is 0 Å². The quantitative estimate of drug-likeness (QED) is 0.704. The summed E-state index contributed by atoms with van der Waals surface area (Å²) in [6, 6.07) is 0. The Balaban J connectivity index is 2.21. The van der Waals surface area contributed by atoms with E-state index in [1.54, 1.807) is 0 Å². The van der Waals surface area contributed by atoms with Crippen LogP contribution >= 0.6 is 0 Å². The molecule has 0 bridgehead atoms. The van der Waals surface area contributed by atoms with Crippen LogP contribution in [0.3, 0.4) is 0 Å². The first-order valence-corrected chi connectivity index (χ1v) is 6.91. The monoisotopic (exact) mass is 269 g/mol. The van der Waals surface area contributed by atoms with Crippen molar-refractivity contribution in [2.24, 2.45) is 0 Å². The van der Waals surface area contributed by atoms with Crippen LogP contribution in [0.15, 0.2) is 4.52 Å². The number of carbonyl (C=O) groups is 1. The molecule has 108 valence electrons. The van der Waals surface area contributed by atoms with E-state index in [9.17, 15) is 9.90 Å². The van der Waals surface area contributed by atoms with Gasteiger partial charge in [-0.05, 0) is 12.8 Å². The first-order chi connectivity index (χ1) is 9.15. The number of carbonyl (C=O) groups excluding carboxylic acids is 1. The first kappa shape index (κ1) is 15.6. The largest absolute Gasteiger partial charge is 0.391 e. The fraction of sp³-hybridized carbons (Fsp3) is 0.769. The number of amides is 1. The van der Waals surface area contributed by atoms with E-state index >= 15 is 0 Å². The van der Waals surface area contributed by atoms with Crippen LogP contribution in [0.25, 0.3) is 0 Å². The summed E-state index contributed by atoms with van der Waals surface area (Å²) >= 11 is 0. The van der Waals surface area contributed by atoms with Gasteiger partial charge in [0.15, 0.2) is 5.82 Å². The third-order valence-electron chi connectivity index (χ3n) is 2.71. The Hall–Kier alpha value is -1.43. The van der Waals surface area contributed by atoms with Gasteiger partial charge in [0.1, 0.15) is 0 Å².